The zero-order valence-corrected chi connectivity index (χ0v) is 13.3. The summed E-state index contributed by atoms with van der Waals surface area (Å²) in [6.07, 6.45) is 2.44. The van der Waals surface area contributed by atoms with Gasteiger partial charge in [-0.3, -0.25) is 4.79 Å². The van der Waals surface area contributed by atoms with Crippen molar-refractivity contribution in [3.05, 3.63) is 29.3 Å². The van der Waals surface area contributed by atoms with Crippen molar-refractivity contribution in [1.29, 1.82) is 0 Å². The normalized spacial score (nSPS) is 27.3. The maximum Gasteiger partial charge on any atom is 0.251 e. The lowest BCUT2D eigenvalue weighted by molar-refractivity contribution is 0.0620. The average molecular weight is 324 g/mol. The molecule has 1 amide bonds. The number of nitrogens with zero attached hydrogens (tertiary/aromatic N) is 2. The van der Waals surface area contributed by atoms with Gasteiger partial charge in [0.1, 0.15) is 0 Å². The lowest BCUT2D eigenvalue weighted by Gasteiger charge is -2.44. The molecule has 3 fully saturated rings. The molecule has 1 aromatic heterocycles. The third-order valence-corrected chi connectivity index (χ3v) is 5.36. The smallest absolute Gasteiger partial charge is 0.251 e. The molecule has 1 aromatic carbocycles. The van der Waals surface area contributed by atoms with Crippen molar-refractivity contribution in [3.8, 4) is 0 Å². The summed E-state index contributed by atoms with van der Waals surface area (Å²) in [5, 5.41) is 3.23. The first-order chi connectivity index (χ1) is 9.79. The van der Waals surface area contributed by atoms with E-state index in [0.29, 0.717) is 12.0 Å². The highest BCUT2D eigenvalue weighted by molar-refractivity contribution is 7.16. The number of carbonyl (C=O) groups excluding carboxylic acids is 1. The summed E-state index contributed by atoms with van der Waals surface area (Å²) < 4.78 is 1.08. The van der Waals surface area contributed by atoms with Crippen molar-refractivity contribution in [2.24, 2.45) is 5.92 Å². The molecule has 3 aliphatic heterocycles. The number of piperidine rings is 3. The number of amides is 1. The van der Waals surface area contributed by atoms with Gasteiger partial charge in [-0.15, -0.1) is 23.7 Å². The molecule has 4 nitrogen and oxygen atoms in total. The van der Waals surface area contributed by atoms with Gasteiger partial charge in [-0.05, 0) is 50.0 Å². The molecular formula is C15H18ClN3OS. The summed E-state index contributed by atoms with van der Waals surface area (Å²) in [4.78, 5) is 19.1. The van der Waals surface area contributed by atoms with Crippen LogP contribution in [0.25, 0.3) is 10.2 Å². The molecule has 0 aliphatic carbocycles. The Balaban J connectivity index is 0.00000132. The van der Waals surface area contributed by atoms with E-state index < -0.39 is 0 Å². The molecule has 1 atom stereocenters. The molecule has 0 spiro atoms. The first-order valence-electron chi connectivity index (χ1n) is 7.16. The topological polar surface area (TPSA) is 45.2 Å². The predicted octanol–water partition coefficient (Wildman–Crippen LogP) is 2.54. The van der Waals surface area contributed by atoms with Crippen LogP contribution < -0.4 is 5.32 Å². The monoisotopic (exact) mass is 323 g/mol. The van der Waals surface area contributed by atoms with E-state index in [4.69, 9.17) is 0 Å². The summed E-state index contributed by atoms with van der Waals surface area (Å²) >= 11 is 1.58. The largest absolute Gasteiger partial charge is 0.348 e. The van der Waals surface area contributed by atoms with Crippen LogP contribution in [0.3, 0.4) is 0 Å². The van der Waals surface area contributed by atoms with E-state index in [9.17, 15) is 4.79 Å². The number of nitrogens with one attached hydrogen (secondary N) is 1. The lowest BCUT2D eigenvalue weighted by Crippen LogP contribution is -2.57. The fourth-order valence-electron chi connectivity index (χ4n) is 3.38. The maximum atomic E-state index is 12.4. The molecule has 21 heavy (non-hydrogen) atoms. The third kappa shape index (κ3) is 2.78. The quantitative estimate of drug-likeness (QED) is 0.923. The van der Waals surface area contributed by atoms with E-state index in [1.165, 1.54) is 25.9 Å². The Kier molecular flexibility index (Phi) is 4.15. The summed E-state index contributed by atoms with van der Waals surface area (Å²) in [5.74, 6) is 0.718. The number of halogens is 1. The number of benzene rings is 1. The van der Waals surface area contributed by atoms with Crippen LogP contribution in [0, 0.1) is 5.92 Å². The molecule has 5 rings (SSSR count). The van der Waals surface area contributed by atoms with Gasteiger partial charge in [0.2, 0.25) is 0 Å². The second-order valence-corrected chi connectivity index (χ2v) is 6.64. The molecular weight excluding hydrogens is 306 g/mol. The summed E-state index contributed by atoms with van der Waals surface area (Å²) in [6.45, 7) is 3.41. The minimum atomic E-state index is 0. The fraction of sp³-hybridized carbons (Fsp3) is 0.467. The number of fused-ring (bicyclic) bond motifs is 4. The molecule has 0 saturated carbocycles. The van der Waals surface area contributed by atoms with Crippen molar-refractivity contribution >= 4 is 39.9 Å². The number of aromatic nitrogens is 1. The molecule has 3 aliphatic rings. The lowest BCUT2D eigenvalue weighted by atomic mass is 9.84. The Hall–Kier alpha value is -1.17. The van der Waals surface area contributed by atoms with Crippen molar-refractivity contribution in [1.82, 2.24) is 15.2 Å². The fourth-order valence-corrected chi connectivity index (χ4v) is 4.09. The summed E-state index contributed by atoms with van der Waals surface area (Å²) in [7, 11) is 0. The Bertz CT molecular complexity index is 651. The number of thiazole rings is 1. The Morgan fingerprint density at radius 1 is 1.33 bits per heavy atom. The minimum absolute atomic E-state index is 0. The number of rotatable bonds is 2. The first kappa shape index (κ1) is 14.8. The van der Waals surface area contributed by atoms with Crippen LogP contribution in [0.4, 0.5) is 0 Å². The van der Waals surface area contributed by atoms with Gasteiger partial charge >= 0.3 is 0 Å². The van der Waals surface area contributed by atoms with Crippen molar-refractivity contribution in [3.63, 3.8) is 0 Å². The van der Waals surface area contributed by atoms with Gasteiger partial charge in [0.05, 0.1) is 15.7 Å². The molecule has 1 N–H and O–H groups in total. The van der Waals surface area contributed by atoms with E-state index in [0.717, 1.165) is 22.3 Å². The highest BCUT2D eigenvalue weighted by Crippen LogP contribution is 2.28. The molecule has 6 heteroatoms. The van der Waals surface area contributed by atoms with Crippen LogP contribution in [0.1, 0.15) is 23.2 Å². The van der Waals surface area contributed by atoms with Crippen LogP contribution in [-0.2, 0) is 0 Å². The molecule has 1 unspecified atom stereocenters. The van der Waals surface area contributed by atoms with E-state index in [2.05, 4.69) is 15.2 Å². The van der Waals surface area contributed by atoms with Crippen LogP contribution in [0.2, 0.25) is 0 Å². The number of hydrogen-bond acceptors (Lipinski definition) is 4. The molecule has 2 bridgehead atoms. The average Bonchev–Trinajstić information content (AvgIpc) is 2.96. The van der Waals surface area contributed by atoms with Crippen LogP contribution >= 0.6 is 23.7 Å². The number of hydrogen-bond donors (Lipinski definition) is 1. The van der Waals surface area contributed by atoms with Gasteiger partial charge in [-0.2, -0.15) is 0 Å². The molecule has 3 saturated heterocycles. The van der Waals surface area contributed by atoms with Gasteiger partial charge in [0.25, 0.3) is 5.91 Å². The summed E-state index contributed by atoms with van der Waals surface area (Å²) in [5.41, 5.74) is 3.53. The highest BCUT2D eigenvalue weighted by atomic mass is 35.5. The standard InChI is InChI=1S/C15H17N3OS.ClH/c19-15(11-1-2-12-14(7-11)20-9-16-12)17-13-8-18-5-3-10(13)4-6-18;/h1-2,7,9-10,13H,3-6,8H2,(H,17,19);1H. The van der Waals surface area contributed by atoms with Gasteiger partial charge < -0.3 is 10.2 Å². The Labute approximate surface area is 134 Å². The Morgan fingerprint density at radius 2 is 2.14 bits per heavy atom. The van der Waals surface area contributed by atoms with Crippen LogP contribution in [0.15, 0.2) is 23.7 Å². The van der Waals surface area contributed by atoms with E-state index in [1.807, 2.05) is 23.7 Å². The maximum absolute atomic E-state index is 12.4. The van der Waals surface area contributed by atoms with Gasteiger partial charge in [0.15, 0.2) is 0 Å². The van der Waals surface area contributed by atoms with Crippen molar-refractivity contribution in [2.45, 2.75) is 18.9 Å². The van der Waals surface area contributed by atoms with E-state index in [1.54, 1.807) is 11.3 Å². The zero-order valence-electron chi connectivity index (χ0n) is 11.6. The van der Waals surface area contributed by atoms with Crippen LogP contribution in [-0.4, -0.2) is 41.5 Å². The van der Waals surface area contributed by atoms with Gasteiger partial charge in [-0.25, -0.2) is 4.98 Å². The van der Waals surface area contributed by atoms with Crippen LogP contribution in [0.5, 0.6) is 0 Å². The van der Waals surface area contributed by atoms with Gasteiger partial charge in [0, 0.05) is 18.2 Å². The SMILES string of the molecule is Cl.O=C(NC1CN2CCC1CC2)c1ccc2ncsc2c1. The first-order valence-corrected chi connectivity index (χ1v) is 8.04. The van der Waals surface area contributed by atoms with E-state index in [-0.39, 0.29) is 18.3 Å². The van der Waals surface area contributed by atoms with Crippen molar-refractivity contribution in [2.75, 3.05) is 19.6 Å². The minimum Gasteiger partial charge on any atom is -0.348 e. The second-order valence-electron chi connectivity index (χ2n) is 5.75. The third-order valence-electron chi connectivity index (χ3n) is 4.57. The van der Waals surface area contributed by atoms with E-state index >= 15 is 0 Å². The summed E-state index contributed by atoms with van der Waals surface area (Å²) in [6, 6.07) is 6.07. The molecule has 4 heterocycles. The Morgan fingerprint density at radius 3 is 2.86 bits per heavy atom. The van der Waals surface area contributed by atoms with Gasteiger partial charge in [-0.1, -0.05) is 0 Å². The number of carbonyl (C=O) groups is 1. The zero-order chi connectivity index (χ0) is 13.5. The molecule has 2 aromatic rings. The van der Waals surface area contributed by atoms with Crippen molar-refractivity contribution < 1.29 is 4.79 Å². The predicted molar refractivity (Wildman–Crippen MR) is 87.3 cm³/mol. The molecule has 0 radical (unpaired) electrons. The molecule has 112 valence electrons. The highest BCUT2D eigenvalue weighted by Gasteiger charge is 2.34. The second kappa shape index (κ2) is 5.91.